The number of halogens is 2. The molecule has 1 amide bonds. The molecule has 0 aromatic heterocycles. The normalized spacial score (nSPS) is 27.1. The Bertz CT molecular complexity index is 532. The Morgan fingerprint density at radius 1 is 1.50 bits per heavy atom. The molecule has 0 saturated carbocycles. The van der Waals surface area contributed by atoms with Gasteiger partial charge >= 0.3 is 5.97 Å². The highest BCUT2D eigenvalue weighted by molar-refractivity contribution is 6.33. The first kappa shape index (κ1) is 13.2. The van der Waals surface area contributed by atoms with Crippen molar-refractivity contribution in [1.82, 2.24) is 5.32 Å². The molecule has 4 nitrogen and oxygen atoms in total. The number of carboxylic acid groups (broad SMARTS) is 1. The summed E-state index contributed by atoms with van der Waals surface area (Å²) in [5.74, 6) is -1.39. The molecule has 1 saturated heterocycles. The molecule has 0 aliphatic carbocycles. The summed E-state index contributed by atoms with van der Waals surface area (Å²) in [5, 5.41) is 12.5. The molecule has 18 heavy (non-hydrogen) atoms. The first-order chi connectivity index (χ1) is 8.34. The Balaban J connectivity index is 2.55. The van der Waals surface area contributed by atoms with E-state index in [1.165, 1.54) is 0 Å². The zero-order chi connectivity index (χ0) is 13.5. The number of carbonyl (C=O) groups excluding carboxylic acids is 1. The van der Waals surface area contributed by atoms with Gasteiger partial charge in [0.25, 0.3) is 0 Å². The minimum absolute atomic E-state index is 0.0734. The maximum absolute atomic E-state index is 11.5. The van der Waals surface area contributed by atoms with Crippen molar-refractivity contribution in [2.24, 2.45) is 0 Å². The van der Waals surface area contributed by atoms with E-state index in [1.54, 1.807) is 25.1 Å². The summed E-state index contributed by atoms with van der Waals surface area (Å²) in [6, 6.07) is 3.84. The number of rotatable bonds is 2. The fourth-order valence-corrected chi connectivity index (χ4v) is 2.83. The summed E-state index contributed by atoms with van der Waals surface area (Å²) < 4.78 is 0. The van der Waals surface area contributed by atoms with Gasteiger partial charge < -0.3 is 10.4 Å². The zero-order valence-corrected chi connectivity index (χ0v) is 11.0. The van der Waals surface area contributed by atoms with E-state index >= 15 is 0 Å². The van der Waals surface area contributed by atoms with Gasteiger partial charge in [0.1, 0.15) is 6.04 Å². The fourth-order valence-electron chi connectivity index (χ4n) is 2.33. The maximum Gasteiger partial charge on any atom is 0.327 e. The van der Waals surface area contributed by atoms with Crippen molar-refractivity contribution in [2.45, 2.75) is 24.8 Å². The minimum Gasteiger partial charge on any atom is -0.480 e. The molecule has 2 N–H and O–H groups in total. The molecule has 1 heterocycles. The Hall–Kier alpha value is -1.26. The molecule has 1 aromatic carbocycles. The average molecular weight is 288 g/mol. The monoisotopic (exact) mass is 287 g/mol. The predicted molar refractivity (Wildman–Crippen MR) is 68.0 cm³/mol. The smallest absolute Gasteiger partial charge is 0.327 e. The zero-order valence-electron chi connectivity index (χ0n) is 9.54. The molecule has 96 valence electrons. The van der Waals surface area contributed by atoms with E-state index < -0.39 is 17.4 Å². The third-order valence-electron chi connectivity index (χ3n) is 3.26. The number of nitrogens with one attached hydrogen (secondary N) is 1. The van der Waals surface area contributed by atoms with Gasteiger partial charge in [0, 0.05) is 21.9 Å². The Kier molecular flexibility index (Phi) is 3.25. The summed E-state index contributed by atoms with van der Waals surface area (Å²) in [4.78, 5) is 22.7. The maximum atomic E-state index is 11.5. The van der Waals surface area contributed by atoms with Crippen LogP contribution in [-0.2, 0) is 15.0 Å². The third-order valence-corrected chi connectivity index (χ3v) is 3.83. The number of amides is 1. The van der Waals surface area contributed by atoms with E-state index in [9.17, 15) is 14.7 Å². The lowest BCUT2D eigenvalue weighted by molar-refractivity contribution is -0.141. The molecule has 0 spiro atoms. The van der Waals surface area contributed by atoms with Crippen LogP contribution in [-0.4, -0.2) is 23.0 Å². The first-order valence-corrected chi connectivity index (χ1v) is 6.08. The molecule has 1 aliphatic rings. The van der Waals surface area contributed by atoms with Crippen LogP contribution in [0.4, 0.5) is 0 Å². The van der Waals surface area contributed by atoms with Crippen LogP contribution >= 0.6 is 23.2 Å². The number of hydrogen-bond donors (Lipinski definition) is 2. The van der Waals surface area contributed by atoms with Crippen LogP contribution in [0.5, 0.6) is 0 Å². The average Bonchev–Trinajstić information content (AvgIpc) is 2.59. The van der Waals surface area contributed by atoms with Gasteiger partial charge in [0.2, 0.25) is 5.91 Å². The molecule has 1 aromatic rings. The molecule has 0 bridgehead atoms. The Morgan fingerprint density at radius 3 is 2.78 bits per heavy atom. The summed E-state index contributed by atoms with van der Waals surface area (Å²) in [6.07, 6.45) is 0.0734. The molecule has 2 atom stereocenters. The van der Waals surface area contributed by atoms with Crippen LogP contribution in [0.25, 0.3) is 0 Å². The van der Waals surface area contributed by atoms with Crippen LogP contribution in [0.15, 0.2) is 18.2 Å². The van der Waals surface area contributed by atoms with Crippen molar-refractivity contribution in [3.8, 4) is 0 Å². The van der Waals surface area contributed by atoms with Crippen molar-refractivity contribution in [3.63, 3.8) is 0 Å². The van der Waals surface area contributed by atoms with Gasteiger partial charge in [0.05, 0.1) is 0 Å². The SMILES string of the molecule is CC1(c2cc(Cl)ccc2Cl)CC(=O)NC1C(=O)O. The van der Waals surface area contributed by atoms with Gasteiger partial charge in [-0.25, -0.2) is 4.79 Å². The third kappa shape index (κ3) is 2.06. The molecule has 2 unspecified atom stereocenters. The molecule has 1 aliphatic heterocycles. The van der Waals surface area contributed by atoms with Crippen LogP contribution in [0.2, 0.25) is 10.0 Å². The second-order valence-electron chi connectivity index (χ2n) is 4.56. The lowest BCUT2D eigenvalue weighted by atomic mass is 9.76. The van der Waals surface area contributed by atoms with E-state index in [1.807, 2.05) is 0 Å². The molecule has 0 radical (unpaired) electrons. The lowest BCUT2D eigenvalue weighted by Gasteiger charge is -2.28. The largest absolute Gasteiger partial charge is 0.480 e. The molecule has 6 heteroatoms. The standard InChI is InChI=1S/C12H11Cl2NO3/c1-12(5-9(16)15-10(12)11(17)18)7-4-6(13)2-3-8(7)14/h2-4,10H,5H2,1H3,(H,15,16)(H,17,18). The number of aliphatic carboxylic acids is 1. The molecule has 2 rings (SSSR count). The highest BCUT2D eigenvalue weighted by Crippen LogP contribution is 2.40. The van der Waals surface area contributed by atoms with Crippen LogP contribution in [0.1, 0.15) is 18.9 Å². The molecular formula is C12H11Cl2NO3. The first-order valence-electron chi connectivity index (χ1n) is 5.32. The number of benzene rings is 1. The van der Waals surface area contributed by atoms with Gasteiger partial charge in [-0.15, -0.1) is 0 Å². The van der Waals surface area contributed by atoms with E-state index in [0.29, 0.717) is 15.6 Å². The van der Waals surface area contributed by atoms with Gasteiger partial charge in [-0.3, -0.25) is 4.79 Å². The van der Waals surface area contributed by atoms with Gasteiger partial charge in [-0.1, -0.05) is 30.1 Å². The highest BCUT2D eigenvalue weighted by Gasteiger charge is 2.49. The Labute approximate surface area is 114 Å². The molecular weight excluding hydrogens is 277 g/mol. The summed E-state index contributed by atoms with van der Waals surface area (Å²) in [5.41, 5.74) is -0.326. The number of carboxylic acids is 1. The van der Waals surface area contributed by atoms with Crippen LogP contribution < -0.4 is 5.32 Å². The van der Waals surface area contributed by atoms with Gasteiger partial charge in [-0.2, -0.15) is 0 Å². The van der Waals surface area contributed by atoms with E-state index in [0.717, 1.165) is 0 Å². The summed E-state index contributed by atoms with van der Waals surface area (Å²) in [7, 11) is 0. The van der Waals surface area contributed by atoms with Crippen LogP contribution in [0.3, 0.4) is 0 Å². The quantitative estimate of drug-likeness (QED) is 0.877. The van der Waals surface area contributed by atoms with Crippen molar-refractivity contribution >= 4 is 35.1 Å². The topological polar surface area (TPSA) is 66.4 Å². The fraction of sp³-hybridized carbons (Fsp3) is 0.333. The molecule has 1 fully saturated rings. The van der Waals surface area contributed by atoms with Crippen LogP contribution in [0, 0.1) is 0 Å². The van der Waals surface area contributed by atoms with Crippen molar-refractivity contribution < 1.29 is 14.7 Å². The second kappa shape index (κ2) is 4.44. The van der Waals surface area contributed by atoms with E-state index in [4.69, 9.17) is 23.2 Å². The van der Waals surface area contributed by atoms with E-state index in [2.05, 4.69) is 5.32 Å². The second-order valence-corrected chi connectivity index (χ2v) is 5.40. The number of hydrogen-bond acceptors (Lipinski definition) is 2. The van der Waals surface area contributed by atoms with Crippen molar-refractivity contribution in [1.29, 1.82) is 0 Å². The minimum atomic E-state index is -1.08. The van der Waals surface area contributed by atoms with Gasteiger partial charge in [-0.05, 0) is 23.8 Å². The van der Waals surface area contributed by atoms with Crippen molar-refractivity contribution in [3.05, 3.63) is 33.8 Å². The summed E-state index contributed by atoms with van der Waals surface area (Å²) >= 11 is 12.0. The lowest BCUT2D eigenvalue weighted by Crippen LogP contribution is -2.44. The van der Waals surface area contributed by atoms with Crippen molar-refractivity contribution in [2.75, 3.05) is 0 Å². The Morgan fingerprint density at radius 2 is 2.17 bits per heavy atom. The predicted octanol–water partition coefficient (Wildman–Crippen LogP) is 2.22. The van der Waals surface area contributed by atoms with E-state index in [-0.39, 0.29) is 12.3 Å². The highest BCUT2D eigenvalue weighted by atomic mass is 35.5. The van der Waals surface area contributed by atoms with Gasteiger partial charge in [0.15, 0.2) is 0 Å². The summed E-state index contributed by atoms with van der Waals surface area (Å²) in [6.45, 7) is 1.70. The number of carbonyl (C=O) groups is 2.